The van der Waals surface area contributed by atoms with Crippen LogP contribution in [0.1, 0.15) is 18.7 Å². The van der Waals surface area contributed by atoms with Crippen molar-refractivity contribution >= 4 is 0 Å². The molecule has 50 valence electrons. The second-order valence-electron chi connectivity index (χ2n) is 2.00. The number of rotatable bonds is 1. The SMILES string of the molecule is C#C[C@@H](C)c1ncccn1. The fraction of sp³-hybridized carbons (Fsp3) is 0.250. The third-order valence-electron chi connectivity index (χ3n) is 1.22. The molecule has 2 heteroatoms. The molecule has 1 rings (SSSR count). The summed E-state index contributed by atoms with van der Waals surface area (Å²) in [5.41, 5.74) is 0. The molecule has 1 aromatic rings. The summed E-state index contributed by atoms with van der Waals surface area (Å²) in [7, 11) is 0. The Morgan fingerprint density at radius 2 is 2.10 bits per heavy atom. The van der Waals surface area contributed by atoms with E-state index in [1.54, 1.807) is 18.5 Å². The zero-order chi connectivity index (χ0) is 7.40. The summed E-state index contributed by atoms with van der Waals surface area (Å²) < 4.78 is 0. The van der Waals surface area contributed by atoms with Crippen LogP contribution in [0.2, 0.25) is 0 Å². The minimum Gasteiger partial charge on any atom is -0.240 e. The Hall–Kier alpha value is -1.36. The molecule has 0 amide bonds. The summed E-state index contributed by atoms with van der Waals surface area (Å²) in [6.07, 6.45) is 8.56. The van der Waals surface area contributed by atoms with Gasteiger partial charge < -0.3 is 0 Å². The molecular formula is C8H8N2. The van der Waals surface area contributed by atoms with Gasteiger partial charge in [0.05, 0.1) is 5.92 Å². The van der Waals surface area contributed by atoms with Crippen molar-refractivity contribution in [3.8, 4) is 12.3 Å². The van der Waals surface area contributed by atoms with Gasteiger partial charge in [0.15, 0.2) is 0 Å². The third kappa shape index (κ3) is 1.32. The largest absolute Gasteiger partial charge is 0.240 e. The zero-order valence-corrected chi connectivity index (χ0v) is 5.78. The van der Waals surface area contributed by atoms with E-state index in [0.717, 1.165) is 0 Å². The van der Waals surface area contributed by atoms with E-state index >= 15 is 0 Å². The predicted octanol–water partition coefficient (Wildman–Crippen LogP) is 1.21. The van der Waals surface area contributed by atoms with Gasteiger partial charge in [0.2, 0.25) is 0 Å². The van der Waals surface area contributed by atoms with Crippen LogP contribution in [0.3, 0.4) is 0 Å². The molecule has 1 atom stereocenters. The Balaban J connectivity index is 2.88. The predicted molar refractivity (Wildman–Crippen MR) is 39.3 cm³/mol. The van der Waals surface area contributed by atoms with Crippen molar-refractivity contribution in [2.75, 3.05) is 0 Å². The molecule has 1 aromatic heterocycles. The Morgan fingerprint density at radius 3 is 2.60 bits per heavy atom. The van der Waals surface area contributed by atoms with Gasteiger partial charge in [0, 0.05) is 12.4 Å². The van der Waals surface area contributed by atoms with Crippen LogP contribution in [-0.4, -0.2) is 9.97 Å². The van der Waals surface area contributed by atoms with Crippen LogP contribution in [0.5, 0.6) is 0 Å². The first-order valence-corrected chi connectivity index (χ1v) is 3.07. The highest BCUT2D eigenvalue weighted by Gasteiger charge is 2.00. The summed E-state index contributed by atoms with van der Waals surface area (Å²) in [5.74, 6) is 3.28. The number of nitrogens with zero attached hydrogens (tertiary/aromatic N) is 2. The van der Waals surface area contributed by atoms with Crippen LogP contribution in [0.15, 0.2) is 18.5 Å². The van der Waals surface area contributed by atoms with E-state index in [1.807, 2.05) is 6.92 Å². The minimum absolute atomic E-state index is 0.0150. The van der Waals surface area contributed by atoms with Gasteiger partial charge in [-0.05, 0) is 13.0 Å². The van der Waals surface area contributed by atoms with Crippen LogP contribution >= 0.6 is 0 Å². The average Bonchev–Trinajstić information content (AvgIpc) is 2.05. The van der Waals surface area contributed by atoms with Crippen LogP contribution < -0.4 is 0 Å². The van der Waals surface area contributed by atoms with Crippen molar-refractivity contribution in [2.45, 2.75) is 12.8 Å². The lowest BCUT2D eigenvalue weighted by molar-refractivity contribution is 0.865. The van der Waals surface area contributed by atoms with E-state index < -0.39 is 0 Å². The first-order valence-electron chi connectivity index (χ1n) is 3.07. The molecule has 0 saturated carbocycles. The van der Waals surface area contributed by atoms with Crippen molar-refractivity contribution in [3.05, 3.63) is 24.3 Å². The topological polar surface area (TPSA) is 25.8 Å². The molecule has 0 N–H and O–H groups in total. The quantitative estimate of drug-likeness (QED) is 0.537. The molecule has 0 bridgehead atoms. The van der Waals surface area contributed by atoms with Gasteiger partial charge in [-0.2, -0.15) is 0 Å². The van der Waals surface area contributed by atoms with Crippen LogP contribution in [0.25, 0.3) is 0 Å². The lowest BCUT2D eigenvalue weighted by atomic mass is 10.2. The van der Waals surface area contributed by atoms with Gasteiger partial charge >= 0.3 is 0 Å². The minimum atomic E-state index is 0.0150. The monoisotopic (exact) mass is 132 g/mol. The van der Waals surface area contributed by atoms with Gasteiger partial charge in [-0.1, -0.05) is 5.92 Å². The Labute approximate surface area is 60.3 Å². The first kappa shape index (κ1) is 6.76. The molecule has 0 aliphatic rings. The number of hydrogen-bond acceptors (Lipinski definition) is 2. The fourth-order valence-electron chi connectivity index (χ4n) is 0.609. The van der Waals surface area contributed by atoms with E-state index in [0.29, 0.717) is 5.82 Å². The van der Waals surface area contributed by atoms with E-state index in [4.69, 9.17) is 6.42 Å². The molecule has 0 radical (unpaired) electrons. The molecule has 0 aromatic carbocycles. The highest BCUT2D eigenvalue weighted by molar-refractivity contribution is 5.09. The Morgan fingerprint density at radius 1 is 1.50 bits per heavy atom. The lowest BCUT2D eigenvalue weighted by Crippen LogP contribution is -1.95. The van der Waals surface area contributed by atoms with Crippen molar-refractivity contribution in [1.29, 1.82) is 0 Å². The zero-order valence-electron chi connectivity index (χ0n) is 5.78. The second-order valence-corrected chi connectivity index (χ2v) is 2.00. The van der Waals surface area contributed by atoms with E-state index in [1.165, 1.54) is 0 Å². The second kappa shape index (κ2) is 2.98. The van der Waals surface area contributed by atoms with Crippen molar-refractivity contribution in [1.82, 2.24) is 9.97 Å². The van der Waals surface area contributed by atoms with Gasteiger partial charge in [-0.3, -0.25) is 0 Å². The molecule has 0 aliphatic carbocycles. The van der Waals surface area contributed by atoms with Gasteiger partial charge in [-0.25, -0.2) is 9.97 Å². The maximum Gasteiger partial charge on any atom is 0.142 e. The summed E-state index contributed by atoms with van der Waals surface area (Å²) in [6, 6.07) is 1.77. The first-order chi connectivity index (χ1) is 4.84. The normalized spacial score (nSPS) is 12.0. The molecule has 2 nitrogen and oxygen atoms in total. The van der Waals surface area contributed by atoms with Crippen LogP contribution in [0.4, 0.5) is 0 Å². The van der Waals surface area contributed by atoms with E-state index in [9.17, 15) is 0 Å². The highest BCUT2D eigenvalue weighted by atomic mass is 14.9. The van der Waals surface area contributed by atoms with Crippen LogP contribution in [0, 0.1) is 12.3 Å². The fourth-order valence-corrected chi connectivity index (χ4v) is 0.609. The molecule has 0 saturated heterocycles. The van der Waals surface area contributed by atoms with Crippen LogP contribution in [-0.2, 0) is 0 Å². The molecule has 10 heavy (non-hydrogen) atoms. The number of hydrogen-bond donors (Lipinski definition) is 0. The molecule has 0 aliphatic heterocycles. The lowest BCUT2D eigenvalue weighted by Gasteiger charge is -1.98. The Bertz CT molecular complexity index is 235. The summed E-state index contributed by atoms with van der Waals surface area (Å²) in [6.45, 7) is 1.90. The van der Waals surface area contributed by atoms with Crippen molar-refractivity contribution in [2.24, 2.45) is 0 Å². The van der Waals surface area contributed by atoms with E-state index in [-0.39, 0.29) is 5.92 Å². The smallest absolute Gasteiger partial charge is 0.142 e. The van der Waals surface area contributed by atoms with Gasteiger partial charge in [0.1, 0.15) is 5.82 Å². The summed E-state index contributed by atoms with van der Waals surface area (Å²) in [5, 5.41) is 0. The molecular weight excluding hydrogens is 124 g/mol. The van der Waals surface area contributed by atoms with Crippen molar-refractivity contribution < 1.29 is 0 Å². The molecule has 0 fully saturated rings. The maximum atomic E-state index is 5.17. The summed E-state index contributed by atoms with van der Waals surface area (Å²) in [4.78, 5) is 7.99. The Kier molecular flexibility index (Phi) is 2.01. The highest BCUT2D eigenvalue weighted by Crippen LogP contribution is 2.04. The number of aromatic nitrogens is 2. The standard InChI is InChI=1S/C8H8N2/c1-3-7(2)8-9-5-4-6-10-8/h1,4-7H,2H3/t7-/m1/s1. The van der Waals surface area contributed by atoms with Gasteiger partial charge in [0.25, 0.3) is 0 Å². The van der Waals surface area contributed by atoms with Crippen molar-refractivity contribution in [3.63, 3.8) is 0 Å². The molecule has 1 heterocycles. The maximum absolute atomic E-state index is 5.17. The number of terminal acetylenes is 1. The average molecular weight is 132 g/mol. The summed E-state index contributed by atoms with van der Waals surface area (Å²) >= 11 is 0. The van der Waals surface area contributed by atoms with Gasteiger partial charge in [-0.15, -0.1) is 6.42 Å². The van der Waals surface area contributed by atoms with E-state index in [2.05, 4.69) is 15.9 Å². The molecule has 0 spiro atoms. The third-order valence-corrected chi connectivity index (χ3v) is 1.22. The molecule has 0 unspecified atom stereocenters.